The molecule has 7 heteroatoms. The number of hydrogen-bond acceptors (Lipinski definition) is 5. The maximum atomic E-state index is 5.79. The molecule has 2 aromatic heterocycles. The van der Waals surface area contributed by atoms with E-state index in [0.29, 0.717) is 19.0 Å². The molecule has 6 nitrogen and oxygen atoms in total. The molecule has 0 atom stereocenters. The molecule has 0 spiro atoms. The van der Waals surface area contributed by atoms with Crippen molar-refractivity contribution in [1.29, 1.82) is 0 Å². The zero-order chi connectivity index (χ0) is 10.4. The summed E-state index contributed by atoms with van der Waals surface area (Å²) in [5.41, 5.74) is 6.58. The molecule has 0 bridgehead atoms. The summed E-state index contributed by atoms with van der Waals surface area (Å²) >= 11 is 2.15. The van der Waals surface area contributed by atoms with Crippen molar-refractivity contribution in [2.24, 2.45) is 0 Å². The predicted octanol–water partition coefficient (Wildman–Crippen LogP) is 0.584. The molecule has 1 fully saturated rings. The van der Waals surface area contributed by atoms with Gasteiger partial charge < -0.3 is 10.5 Å². The average Bonchev–Trinajstić information content (AvgIpc) is 2.43. The van der Waals surface area contributed by atoms with E-state index < -0.39 is 0 Å². The number of nitrogens with two attached hydrogens (primary N) is 1. The van der Waals surface area contributed by atoms with Gasteiger partial charge in [-0.3, -0.25) is 0 Å². The Morgan fingerprint density at radius 1 is 1.47 bits per heavy atom. The molecule has 2 N–H and O–H groups in total. The molecule has 2 aromatic rings. The van der Waals surface area contributed by atoms with Gasteiger partial charge in [0.15, 0.2) is 5.65 Å². The van der Waals surface area contributed by atoms with Gasteiger partial charge in [0.1, 0.15) is 21.9 Å². The van der Waals surface area contributed by atoms with E-state index in [9.17, 15) is 0 Å². The lowest BCUT2D eigenvalue weighted by molar-refractivity contribution is -0.0270. The van der Waals surface area contributed by atoms with Crippen molar-refractivity contribution in [3.8, 4) is 0 Å². The van der Waals surface area contributed by atoms with Gasteiger partial charge in [0.05, 0.1) is 18.6 Å². The van der Waals surface area contributed by atoms with Crippen LogP contribution < -0.4 is 5.73 Å². The minimum absolute atomic E-state index is 0.283. The van der Waals surface area contributed by atoms with E-state index in [1.165, 1.54) is 6.33 Å². The summed E-state index contributed by atoms with van der Waals surface area (Å²) < 4.78 is 7.85. The van der Waals surface area contributed by atoms with Crippen LogP contribution in [0.2, 0.25) is 0 Å². The highest BCUT2D eigenvalue weighted by molar-refractivity contribution is 14.1. The Morgan fingerprint density at radius 2 is 2.27 bits per heavy atom. The molecule has 1 aliphatic rings. The average molecular weight is 317 g/mol. The summed E-state index contributed by atoms with van der Waals surface area (Å²) in [6, 6.07) is 0.283. The number of aromatic nitrogens is 4. The van der Waals surface area contributed by atoms with E-state index >= 15 is 0 Å². The smallest absolute Gasteiger partial charge is 0.164 e. The molecule has 1 aliphatic heterocycles. The van der Waals surface area contributed by atoms with Gasteiger partial charge in [-0.15, -0.1) is 0 Å². The van der Waals surface area contributed by atoms with E-state index in [4.69, 9.17) is 10.5 Å². The molecule has 3 rings (SSSR count). The van der Waals surface area contributed by atoms with Crippen LogP contribution in [0.3, 0.4) is 0 Å². The van der Waals surface area contributed by atoms with Crippen LogP contribution in [0.15, 0.2) is 6.33 Å². The maximum absolute atomic E-state index is 5.79. The Labute approximate surface area is 99.0 Å². The first-order chi connectivity index (χ1) is 7.27. The lowest BCUT2D eigenvalue weighted by atomic mass is 10.2. The molecule has 0 radical (unpaired) electrons. The standard InChI is InChI=1S/C8H8IN5O/c9-6-5-7(10)11-3-12-8(5)14(13-6)4-1-15-2-4/h3-4H,1-2H2,(H2,10,11,12). The number of nitrogen functional groups attached to an aromatic ring is 1. The first-order valence-corrected chi connectivity index (χ1v) is 5.57. The van der Waals surface area contributed by atoms with Gasteiger partial charge in [-0.05, 0) is 22.6 Å². The van der Waals surface area contributed by atoms with Crippen LogP contribution >= 0.6 is 22.6 Å². The topological polar surface area (TPSA) is 78.9 Å². The van der Waals surface area contributed by atoms with Gasteiger partial charge in [0.25, 0.3) is 0 Å². The Kier molecular flexibility index (Phi) is 2.02. The number of anilines is 1. The van der Waals surface area contributed by atoms with Crippen LogP contribution in [0.4, 0.5) is 5.82 Å². The Bertz CT molecular complexity index is 521. The molecule has 0 unspecified atom stereocenters. The highest BCUT2D eigenvalue weighted by atomic mass is 127. The molecule has 1 saturated heterocycles. The quantitative estimate of drug-likeness (QED) is 0.779. The van der Waals surface area contributed by atoms with Crippen molar-refractivity contribution in [2.45, 2.75) is 6.04 Å². The maximum Gasteiger partial charge on any atom is 0.164 e. The number of nitrogens with zero attached hydrogens (tertiary/aromatic N) is 4. The summed E-state index contributed by atoms with van der Waals surface area (Å²) in [6.45, 7) is 1.38. The molecule has 78 valence electrons. The number of ether oxygens (including phenoxy) is 1. The van der Waals surface area contributed by atoms with Crippen LogP contribution in [-0.4, -0.2) is 33.0 Å². The second-order valence-corrected chi connectivity index (χ2v) is 4.41. The normalized spacial score (nSPS) is 16.9. The number of fused-ring (bicyclic) bond motifs is 1. The van der Waals surface area contributed by atoms with Crippen molar-refractivity contribution >= 4 is 39.4 Å². The largest absolute Gasteiger partial charge is 0.383 e. The first-order valence-electron chi connectivity index (χ1n) is 4.49. The molecular formula is C8H8IN5O. The predicted molar refractivity (Wildman–Crippen MR) is 62.3 cm³/mol. The van der Waals surface area contributed by atoms with Crippen molar-refractivity contribution in [2.75, 3.05) is 18.9 Å². The molecule has 0 amide bonds. The minimum atomic E-state index is 0.283. The Morgan fingerprint density at radius 3 is 2.93 bits per heavy atom. The van der Waals surface area contributed by atoms with Gasteiger partial charge in [-0.25, -0.2) is 14.6 Å². The van der Waals surface area contributed by atoms with Gasteiger partial charge in [0, 0.05) is 0 Å². The van der Waals surface area contributed by atoms with E-state index in [2.05, 4.69) is 37.7 Å². The van der Waals surface area contributed by atoms with Crippen molar-refractivity contribution in [3.63, 3.8) is 0 Å². The minimum Gasteiger partial charge on any atom is -0.383 e. The molecule has 15 heavy (non-hydrogen) atoms. The van der Waals surface area contributed by atoms with E-state index in [1.807, 2.05) is 4.68 Å². The summed E-state index contributed by atoms with van der Waals surface area (Å²) in [7, 11) is 0. The summed E-state index contributed by atoms with van der Waals surface area (Å²) in [6.07, 6.45) is 1.46. The van der Waals surface area contributed by atoms with Gasteiger partial charge in [-0.2, -0.15) is 5.10 Å². The number of rotatable bonds is 1. The lowest BCUT2D eigenvalue weighted by Gasteiger charge is -2.26. The molecule has 0 aliphatic carbocycles. The first kappa shape index (κ1) is 9.28. The molecular weight excluding hydrogens is 309 g/mol. The zero-order valence-corrected chi connectivity index (χ0v) is 9.88. The summed E-state index contributed by atoms with van der Waals surface area (Å²) in [4.78, 5) is 8.18. The van der Waals surface area contributed by atoms with Crippen molar-refractivity contribution < 1.29 is 4.74 Å². The number of hydrogen-bond donors (Lipinski definition) is 1. The molecule has 0 aromatic carbocycles. The van der Waals surface area contributed by atoms with Crippen molar-refractivity contribution in [3.05, 3.63) is 10.0 Å². The second kappa shape index (κ2) is 3.27. The van der Waals surface area contributed by atoms with E-state index in [1.54, 1.807) is 0 Å². The van der Waals surface area contributed by atoms with Crippen LogP contribution in [-0.2, 0) is 4.74 Å². The molecule has 0 saturated carbocycles. The monoisotopic (exact) mass is 317 g/mol. The van der Waals surface area contributed by atoms with Gasteiger partial charge in [-0.1, -0.05) is 0 Å². The third-order valence-electron chi connectivity index (χ3n) is 2.44. The van der Waals surface area contributed by atoms with E-state index in [0.717, 1.165) is 14.7 Å². The summed E-state index contributed by atoms with van der Waals surface area (Å²) in [5.74, 6) is 0.482. The lowest BCUT2D eigenvalue weighted by Crippen LogP contribution is -2.31. The van der Waals surface area contributed by atoms with E-state index in [-0.39, 0.29) is 6.04 Å². The fraction of sp³-hybridized carbons (Fsp3) is 0.375. The molecule has 3 heterocycles. The fourth-order valence-electron chi connectivity index (χ4n) is 1.57. The van der Waals surface area contributed by atoms with Gasteiger partial charge in [0.2, 0.25) is 0 Å². The van der Waals surface area contributed by atoms with Crippen LogP contribution in [0.5, 0.6) is 0 Å². The van der Waals surface area contributed by atoms with Crippen molar-refractivity contribution in [1.82, 2.24) is 19.7 Å². The highest BCUT2D eigenvalue weighted by Gasteiger charge is 2.25. The fourth-order valence-corrected chi connectivity index (χ4v) is 2.32. The highest BCUT2D eigenvalue weighted by Crippen LogP contribution is 2.27. The third kappa shape index (κ3) is 1.29. The van der Waals surface area contributed by atoms with Crippen LogP contribution in [0.1, 0.15) is 6.04 Å². The van der Waals surface area contributed by atoms with Gasteiger partial charge >= 0.3 is 0 Å². The number of halogens is 1. The second-order valence-electron chi connectivity index (χ2n) is 3.38. The Hall–Kier alpha value is -0.960. The summed E-state index contributed by atoms with van der Waals surface area (Å²) in [5, 5.41) is 5.25. The Balaban J connectivity index is 2.27. The third-order valence-corrected chi connectivity index (χ3v) is 3.20. The van der Waals surface area contributed by atoms with Crippen LogP contribution in [0, 0.1) is 3.70 Å². The SMILES string of the molecule is Nc1ncnc2c1c(I)nn2C1COC1. The zero-order valence-electron chi connectivity index (χ0n) is 7.72. The van der Waals surface area contributed by atoms with Crippen LogP contribution in [0.25, 0.3) is 11.0 Å².